The average Bonchev–Trinajstić information content (AvgIpc) is 2.92. The summed E-state index contributed by atoms with van der Waals surface area (Å²) in [4.78, 5) is 10.5. The molecule has 0 bridgehead atoms. The van der Waals surface area contributed by atoms with Crippen molar-refractivity contribution >= 4 is 5.95 Å². The van der Waals surface area contributed by atoms with Gasteiger partial charge in [0.1, 0.15) is 0 Å². The molecule has 1 aliphatic rings. The molecule has 8 nitrogen and oxygen atoms in total. The second-order valence-electron chi connectivity index (χ2n) is 4.27. The zero-order chi connectivity index (χ0) is 13.0. The lowest BCUT2D eigenvalue weighted by Gasteiger charge is -2.24. The molecule has 1 aliphatic heterocycles. The van der Waals surface area contributed by atoms with Crippen LogP contribution in [0.25, 0.3) is 0 Å². The molecule has 1 saturated heterocycles. The van der Waals surface area contributed by atoms with Gasteiger partial charge in [0, 0.05) is 31.8 Å². The van der Waals surface area contributed by atoms with E-state index in [1.54, 1.807) is 19.4 Å². The van der Waals surface area contributed by atoms with Crippen LogP contribution in [0.15, 0.2) is 12.3 Å². The van der Waals surface area contributed by atoms with E-state index >= 15 is 0 Å². The van der Waals surface area contributed by atoms with Crippen molar-refractivity contribution in [1.82, 2.24) is 31.9 Å². The fraction of sp³-hybridized carbons (Fsp3) is 0.600. The van der Waals surface area contributed by atoms with Crippen LogP contribution in [-0.2, 0) is 0 Å². The molecule has 2 rings (SSSR count). The molecule has 0 aromatic carbocycles. The van der Waals surface area contributed by atoms with Gasteiger partial charge in [-0.15, -0.1) is 0 Å². The van der Waals surface area contributed by atoms with Crippen LogP contribution < -0.4 is 31.6 Å². The highest BCUT2D eigenvalue weighted by molar-refractivity contribution is 5.30. The number of rotatable bonds is 5. The van der Waals surface area contributed by atoms with Crippen molar-refractivity contribution in [2.75, 3.05) is 25.6 Å². The number of anilines is 1. The average molecular weight is 253 g/mol. The molecule has 1 fully saturated rings. The van der Waals surface area contributed by atoms with Gasteiger partial charge in [-0.05, 0) is 0 Å². The Hall–Kier alpha value is -1.48. The highest BCUT2D eigenvalue weighted by atomic mass is 16.5. The van der Waals surface area contributed by atoms with Crippen LogP contribution >= 0.6 is 0 Å². The summed E-state index contributed by atoms with van der Waals surface area (Å²) in [5.74, 6) is 1.58. The normalized spacial score (nSPS) is 17.7. The van der Waals surface area contributed by atoms with Crippen molar-refractivity contribution in [3.8, 4) is 5.88 Å². The lowest BCUT2D eigenvalue weighted by Crippen LogP contribution is -2.44. The highest BCUT2D eigenvalue weighted by Crippen LogP contribution is 2.13. The topological polar surface area (TPSA) is 86.4 Å². The van der Waals surface area contributed by atoms with Gasteiger partial charge >= 0.3 is 0 Å². The first-order valence-corrected chi connectivity index (χ1v) is 5.80. The minimum Gasteiger partial charge on any atom is -0.481 e. The van der Waals surface area contributed by atoms with Crippen LogP contribution in [0.5, 0.6) is 5.88 Å². The number of hydrogen-bond donors (Lipinski definition) is 4. The fourth-order valence-corrected chi connectivity index (χ4v) is 1.80. The Kier molecular flexibility index (Phi) is 4.26. The first-order valence-electron chi connectivity index (χ1n) is 5.80. The number of methoxy groups -OCH3 is 1. The maximum absolute atomic E-state index is 5.09. The van der Waals surface area contributed by atoms with Gasteiger partial charge in [0.05, 0.1) is 13.3 Å². The maximum Gasteiger partial charge on any atom is 0.228 e. The molecule has 0 radical (unpaired) electrons. The lowest BCUT2D eigenvalue weighted by atomic mass is 10.1. The first-order chi connectivity index (χ1) is 8.70. The van der Waals surface area contributed by atoms with E-state index in [-0.39, 0.29) is 6.17 Å². The Morgan fingerprint density at radius 2 is 2.17 bits per heavy atom. The Morgan fingerprint density at radius 1 is 1.44 bits per heavy atom. The van der Waals surface area contributed by atoms with Gasteiger partial charge in [0.2, 0.25) is 11.8 Å². The number of hydrazine groups is 3. The fourth-order valence-electron chi connectivity index (χ4n) is 1.80. The Bertz CT molecular complexity index is 382. The monoisotopic (exact) mass is 253 g/mol. The summed E-state index contributed by atoms with van der Waals surface area (Å²) in [6.07, 6.45) is 1.84. The minimum absolute atomic E-state index is 0.151. The third-order valence-corrected chi connectivity index (χ3v) is 2.82. The molecule has 8 heteroatoms. The SMILES string of the molecule is COc1ccnc(N(C)CC(C)C2NNNN2)n1. The van der Waals surface area contributed by atoms with Crippen molar-refractivity contribution < 1.29 is 4.74 Å². The quantitative estimate of drug-likeness (QED) is 0.532. The van der Waals surface area contributed by atoms with E-state index in [1.165, 1.54) is 0 Å². The van der Waals surface area contributed by atoms with Crippen LogP contribution in [0.4, 0.5) is 5.95 Å². The van der Waals surface area contributed by atoms with Crippen molar-refractivity contribution in [1.29, 1.82) is 0 Å². The molecule has 1 aromatic rings. The zero-order valence-corrected chi connectivity index (χ0v) is 10.8. The van der Waals surface area contributed by atoms with Gasteiger partial charge in [-0.2, -0.15) is 16.1 Å². The van der Waals surface area contributed by atoms with Gasteiger partial charge in [-0.25, -0.2) is 15.8 Å². The molecule has 1 unspecified atom stereocenters. The number of nitrogens with zero attached hydrogens (tertiary/aromatic N) is 3. The molecule has 2 heterocycles. The van der Waals surface area contributed by atoms with E-state index in [9.17, 15) is 0 Å². The Labute approximate surface area is 106 Å². The highest BCUT2D eigenvalue weighted by Gasteiger charge is 2.22. The van der Waals surface area contributed by atoms with Crippen LogP contribution in [-0.4, -0.2) is 36.8 Å². The van der Waals surface area contributed by atoms with Crippen LogP contribution in [0.1, 0.15) is 6.92 Å². The largest absolute Gasteiger partial charge is 0.481 e. The summed E-state index contributed by atoms with van der Waals surface area (Å²) in [6, 6.07) is 1.73. The number of hydrogen-bond acceptors (Lipinski definition) is 8. The van der Waals surface area contributed by atoms with Gasteiger partial charge in [-0.3, -0.25) is 0 Å². The van der Waals surface area contributed by atoms with Crippen LogP contribution in [0.2, 0.25) is 0 Å². The molecule has 100 valence electrons. The maximum atomic E-state index is 5.09. The minimum atomic E-state index is 0.151. The summed E-state index contributed by atoms with van der Waals surface area (Å²) in [7, 11) is 3.56. The summed E-state index contributed by atoms with van der Waals surface area (Å²) in [5.41, 5.74) is 11.7. The molecular formula is C10H19N7O. The van der Waals surface area contributed by atoms with Crippen LogP contribution in [0, 0.1) is 5.92 Å². The van der Waals surface area contributed by atoms with Crippen LogP contribution in [0.3, 0.4) is 0 Å². The summed E-state index contributed by atoms with van der Waals surface area (Å²) >= 11 is 0. The van der Waals surface area contributed by atoms with Gasteiger partial charge in [-0.1, -0.05) is 6.92 Å². The number of ether oxygens (including phenoxy) is 1. The Balaban J connectivity index is 1.95. The van der Waals surface area contributed by atoms with Crippen molar-refractivity contribution in [2.24, 2.45) is 5.92 Å². The second-order valence-corrected chi connectivity index (χ2v) is 4.27. The number of nitrogens with one attached hydrogen (secondary N) is 4. The van der Waals surface area contributed by atoms with E-state index in [0.29, 0.717) is 17.7 Å². The van der Waals surface area contributed by atoms with Crippen molar-refractivity contribution in [3.63, 3.8) is 0 Å². The van der Waals surface area contributed by atoms with Crippen molar-refractivity contribution in [2.45, 2.75) is 13.1 Å². The Morgan fingerprint density at radius 3 is 2.83 bits per heavy atom. The van der Waals surface area contributed by atoms with Gasteiger partial charge < -0.3 is 9.64 Å². The molecule has 0 amide bonds. The van der Waals surface area contributed by atoms with Gasteiger partial charge in [0.25, 0.3) is 0 Å². The predicted octanol–water partition coefficient (Wildman–Crippen LogP) is -0.999. The molecule has 1 atom stereocenters. The van der Waals surface area contributed by atoms with Gasteiger partial charge in [0.15, 0.2) is 0 Å². The zero-order valence-electron chi connectivity index (χ0n) is 10.8. The molecule has 0 saturated carbocycles. The molecule has 0 spiro atoms. The molecule has 1 aromatic heterocycles. The van der Waals surface area contributed by atoms with Crippen molar-refractivity contribution in [3.05, 3.63) is 12.3 Å². The van der Waals surface area contributed by atoms with E-state index in [2.05, 4.69) is 38.8 Å². The van der Waals surface area contributed by atoms with E-state index in [0.717, 1.165) is 6.54 Å². The van der Waals surface area contributed by atoms with E-state index in [1.807, 2.05) is 11.9 Å². The summed E-state index contributed by atoms with van der Waals surface area (Å²) in [5, 5.41) is 0. The molecular weight excluding hydrogens is 234 g/mol. The standard InChI is InChI=1S/C10H19N7O/c1-7(9-13-15-16-14-9)6-17(2)10-11-5-4-8(12-10)18-3/h4-5,7,9,13-16H,6H2,1-3H3. The molecule has 4 N–H and O–H groups in total. The summed E-state index contributed by atoms with van der Waals surface area (Å²) in [6.45, 7) is 2.94. The smallest absolute Gasteiger partial charge is 0.228 e. The first kappa shape index (κ1) is 13.0. The molecule has 18 heavy (non-hydrogen) atoms. The van der Waals surface area contributed by atoms with E-state index in [4.69, 9.17) is 4.74 Å². The molecule has 0 aliphatic carbocycles. The lowest BCUT2D eigenvalue weighted by molar-refractivity contribution is 0.372. The summed E-state index contributed by atoms with van der Waals surface area (Å²) < 4.78 is 5.09. The number of aromatic nitrogens is 2. The second kappa shape index (κ2) is 5.91. The van der Waals surface area contributed by atoms with E-state index < -0.39 is 0 Å². The predicted molar refractivity (Wildman–Crippen MR) is 67.3 cm³/mol. The third kappa shape index (κ3) is 3.05. The third-order valence-electron chi connectivity index (χ3n) is 2.82.